The van der Waals surface area contributed by atoms with E-state index in [0.717, 1.165) is 18.2 Å². The van der Waals surface area contributed by atoms with Crippen LogP contribution in [0.2, 0.25) is 0 Å². The molecule has 15 heteroatoms. The third-order valence-corrected chi connectivity index (χ3v) is 8.02. The number of aromatic hydroxyl groups is 1. The largest absolute Gasteiger partial charge is 0.508 e. The fourth-order valence-corrected chi connectivity index (χ4v) is 5.51. The molecule has 4 rings (SSSR count). The fourth-order valence-electron chi connectivity index (χ4n) is 5.51. The number of nitrogens with zero attached hydrogens (tertiary/aromatic N) is 1. The Hall–Kier alpha value is -6.25. The van der Waals surface area contributed by atoms with E-state index in [1.54, 1.807) is 30.3 Å². The topological polar surface area (TPSA) is 239 Å². The van der Waals surface area contributed by atoms with Crippen LogP contribution in [0.1, 0.15) is 49.2 Å². The Morgan fingerprint density at radius 3 is 2.17 bits per heavy atom. The van der Waals surface area contributed by atoms with Crippen molar-refractivity contribution in [3.05, 3.63) is 100 Å². The molecule has 9 N–H and O–H groups in total. The van der Waals surface area contributed by atoms with Gasteiger partial charge >= 0.3 is 5.97 Å². The molecule has 274 valence electrons. The van der Waals surface area contributed by atoms with Crippen LogP contribution in [0.3, 0.4) is 0 Å². The lowest BCUT2D eigenvalue weighted by Crippen LogP contribution is -2.56. The second-order valence-electron chi connectivity index (χ2n) is 12.6. The van der Waals surface area contributed by atoms with Gasteiger partial charge in [0, 0.05) is 19.0 Å². The number of hydrogen-bond donors (Lipinski definition) is 7. The van der Waals surface area contributed by atoms with Gasteiger partial charge in [-0.3, -0.25) is 24.2 Å². The summed E-state index contributed by atoms with van der Waals surface area (Å²) in [6.45, 7) is 3.78. The van der Waals surface area contributed by atoms with Crippen molar-refractivity contribution >= 4 is 40.6 Å². The summed E-state index contributed by atoms with van der Waals surface area (Å²) in [5.41, 5.74) is 10.5. The first-order valence-electron chi connectivity index (χ1n) is 16.5. The molecule has 52 heavy (non-hydrogen) atoms. The van der Waals surface area contributed by atoms with Crippen LogP contribution in [0, 0.1) is 11.7 Å². The Bertz CT molecular complexity index is 2000. The highest BCUT2D eigenvalue weighted by Gasteiger charge is 2.32. The molecular formula is C37H41FN6O8. The van der Waals surface area contributed by atoms with Gasteiger partial charge in [-0.15, -0.1) is 0 Å². The van der Waals surface area contributed by atoms with E-state index in [0.29, 0.717) is 5.56 Å². The summed E-state index contributed by atoms with van der Waals surface area (Å²) in [5, 5.41) is 27.6. The summed E-state index contributed by atoms with van der Waals surface area (Å²) in [4.78, 5) is 71.0. The maximum atomic E-state index is 14.0. The second kappa shape index (κ2) is 17.6. The first kappa shape index (κ1) is 38.6. The summed E-state index contributed by atoms with van der Waals surface area (Å²) in [7, 11) is 0. The van der Waals surface area contributed by atoms with Crippen molar-refractivity contribution in [2.24, 2.45) is 22.4 Å². The van der Waals surface area contributed by atoms with Gasteiger partial charge in [0.05, 0.1) is 10.9 Å². The van der Waals surface area contributed by atoms with Crippen LogP contribution in [0.15, 0.2) is 87.0 Å². The first-order chi connectivity index (χ1) is 24.7. The average molecular weight is 717 g/mol. The van der Waals surface area contributed by atoms with Crippen molar-refractivity contribution in [2.75, 3.05) is 6.54 Å². The number of hydrogen-bond acceptors (Lipinski definition) is 8. The number of aliphatic imine (C=N–C) groups is 1. The Kier molecular flexibility index (Phi) is 13.1. The van der Waals surface area contributed by atoms with Gasteiger partial charge in [0.25, 0.3) is 5.91 Å². The van der Waals surface area contributed by atoms with Crippen LogP contribution in [0.4, 0.5) is 4.39 Å². The van der Waals surface area contributed by atoms with Gasteiger partial charge in [-0.25, -0.2) is 9.18 Å². The monoisotopic (exact) mass is 716 g/mol. The minimum atomic E-state index is -1.33. The number of aliphatic carboxylic acids is 1. The van der Waals surface area contributed by atoms with Crippen LogP contribution in [0.25, 0.3) is 22.1 Å². The van der Waals surface area contributed by atoms with E-state index in [2.05, 4.69) is 20.9 Å². The highest BCUT2D eigenvalue weighted by molar-refractivity contribution is 6.03. The molecule has 0 saturated carbocycles. The zero-order valence-electron chi connectivity index (χ0n) is 28.6. The lowest BCUT2D eigenvalue weighted by atomic mass is 9.99. The normalized spacial score (nSPS) is 12.8. The van der Waals surface area contributed by atoms with Gasteiger partial charge in [-0.05, 0) is 60.6 Å². The second-order valence-corrected chi connectivity index (χ2v) is 12.6. The minimum absolute atomic E-state index is 0.0119. The average Bonchev–Trinajstić information content (AvgIpc) is 3.09. The van der Waals surface area contributed by atoms with E-state index in [1.165, 1.54) is 24.3 Å². The molecule has 1 heterocycles. The molecule has 0 spiro atoms. The van der Waals surface area contributed by atoms with E-state index in [1.807, 2.05) is 13.8 Å². The minimum Gasteiger partial charge on any atom is -0.508 e. The van der Waals surface area contributed by atoms with E-state index in [4.69, 9.17) is 15.9 Å². The zero-order valence-corrected chi connectivity index (χ0v) is 28.6. The maximum Gasteiger partial charge on any atom is 0.326 e. The Morgan fingerprint density at radius 2 is 1.54 bits per heavy atom. The molecule has 0 bridgehead atoms. The molecule has 0 unspecified atom stereocenters. The SMILES string of the molecule is CC(C)C[C@@H](NC(=O)[C@H](Cc1ccccc1)NC(=O)c1oc2cc(O)ccc2c(=O)c1-c1ccc(F)cc1)C(=O)N[C@H](CCCN=C(N)N)C(=O)O. The van der Waals surface area contributed by atoms with Gasteiger partial charge in [-0.2, -0.15) is 0 Å². The van der Waals surface area contributed by atoms with Gasteiger partial charge < -0.3 is 42.0 Å². The number of nitrogens with one attached hydrogen (secondary N) is 3. The summed E-state index contributed by atoms with van der Waals surface area (Å²) in [6, 6.07) is 13.5. The number of carboxylic acid groups (broad SMARTS) is 1. The van der Waals surface area contributed by atoms with Crippen LogP contribution in [-0.2, 0) is 20.8 Å². The molecule has 0 fully saturated rings. The van der Waals surface area contributed by atoms with Gasteiger partial charge in [-0.1, -0.05) is 56.3 Å². The maximum absolute atomic E-state index is 14.0. The number of phenolic OH excluding ortho intramolecular Hbond substituents is 1. The van der Waals surface area contributed by atoms with Gasteiger partial charge in [0.15, 0.2) is 5.96 Å². The number of benzene rings is 3. The van der Waals surface area contributed by atoms with E-state index in [-0.39, 0.29) is 72.0 Å². The molecule has 4 aromatic rings. The van der Waals surface area contributed by atoms with E-state index >= 15 is 0 Å². The van der Waals surface area contributed by atoms with E-state index < -0.39 is 58.8 Å². The summed E-state index contributed by atoms with van der Waals surface area (Å²) in [6.07, 6.45) is 0.340. The Labute approximate surface area is 298 Å². The zero-order chi connectivity index (χ0) is 37.9. The van der Waals surface area contributed by atoms with Crippen molar-refractivity contribution in [1.29, 1.82) is 0 Å². The van der Waals surface area contributed by atoms with Crippen molar-refractivity contribution in [1.82, 2.24) is 16.0 Å². The molecule has 1 aromatic heterocycles. The molecule has 0 radical (unpaired) electrons. The summed E-state index contributed by atoms with van der Waals surface area (Å²) < 4.78 is 19.7. The standard InChI is InChI=1S/C37H41FN6O8/c1-20(2)17-27(33(47)42-26(36(50)51)9-6-16-41-37(39)40)43-34(48)28(18-21-7-4-3-5-8-21)44-35(49)32-30(22-10-12-23(38)13-11-22)31(46)25-15-14-24(45)19-29(25)52-32/h3-5,7-8,10-15,19-20,26-28,45H,6,9,16-18H2,1-2H3,(H,42,47)(H,43,48)(H,44,49)(H,50,51)(H4,39,40,41)/t26-,27-,28+/m1/s1. The quantitative estimate of drug-likeness (QED) is 0.0508. The third kappa shape index (κ3) is 10.4. The lowest BCUT2D eigenvalue weighted by Gasteiger charge is -2.25. The number of amides is 3. The van der Waals surface area contributed by atoms with Crippen molar-refractivity contribution in [2.45, 2.75) is 57.7 Å². The van der Waals surface area contributed by atoms with Crippen molar-refractivity contribution < 1.29 is 38.2 Å². The highest BCUT2D eigenvalue weighted by Crippen LogP contribution is 2.27. The third-order valence-electron chi connectivity index (χ3n) is 8.02. The van der Waals surface area contributed by atoms with E-state index in [9.17, 15) is 38.6 Å². The number of fused-ring (bicyclic) bond motifs is 1. The molecule has 0 aliphatic heterocycles. The molecule has 3 atom stereocenters. The summed E-state index contributed by atoms with van der Waals surface area (Å²) in [5.74, 6) is -5.37. The van der Waals surface area contributed by atoms with Crippen LogP contribution >= 0.6 is 0 Å². The number of carboxylic acids is 1. The summed E-state index contributed by atoms with van der Waals surface area (Å²) >= 11 is 0. The molecule has 3 amide bonds. The van der Waals surface area contributed by atoms with Gasteiger partial charge in [0.2, 0.25) is 23.0 Å². The van der Waals surface area contributed by atoms with Crippen LogP contribution in [-0.4, -0.2) is 64.5 Å². The van der Waals surface area contributed by atoms with Crippen LogP contribution in [0.5, 0.6) is 5.75 Å². The number of guanidine groups is 1. The molecule has 3 aromatic carbocycles. The number of carbonyl (C=O) groups excluding carboxylic acids is 3. The van der Waals surface area contributed by atoms with Crippen molar-refractivity contribution in [3.63, 3.8) is 0 Å². The molecule has 0 aliphatic carbocycles. The smallest absolute Gasteiger partial charge is 0.326 e. The Morgan fingerprint density at radius 1 is 0.885 bits per heavy atom. The number of phenols is 1. The lowest BCUT2D eigenvalue weighted by molar-refractivity contribution is -0.142. The number of halogens is 1. The molecule has 0 aliphatic rings. The molecule has 14 nitrogen and oxygen atoms in total. The van der Waals surface area contributed by atoms with Gasteiger partial charge in [0.1, 0.15) is 35.3 Å². The Balaban J connectivity index is 1.67. The fraction of sp³-hybridized carbons (Fsp3) is 0.297. The first-order valence-corrected chi connectivity index (χ1v) is 16.5. The predicted molar refractivity (Wildman–Crippen MR) is 192 cm³/mol. The highest BCUT2D eigenvalue weighted by atomic mass is 19.1. The molecule has 0 saturated heterocycles. The number of carbonyl (C=O) groups is 4. The number of nitrogens with two attached hydrogens (primary N) is 2. The molecular weight excluding hydrogens is 675 g/mol. The van der Waals surface area contributed by atoms with Crippen molar-refractivity contribution in [3.8, 4) is 16.9 Å². The van der Waals surface area contributed by atoms with Crippen LogP contribution < -0.4 is 32.8 Å². The number of rotatable bonds is 16. The predicted octanol–water partition coefficient (Wildman–Crippen LogP) is 2.80.